The number of sulfone groups is 1. The van der Waals surface area contributed by atoms with Crippen LogP contribution in [0.2, 0.25) is 0 Å². The minimum atomic E-state index is -3.11. The van der Waals surface area contributed by atoms with E-state index in [9.17, 15) is 8.42 Å². The minimum absolute atomic E-state index is 0.0399. The lowest BCUT2D eigenvalue weighted by Crippen LogP contribution is -2.36. The summed E-state index contributed by atoms with van der Waals surface area (Å²) in [6, 6.07) is 0. The maximum Gasteiger partial charge on any atom is 0.155 e. The molecule has 0 aromatic carbocycles. The van der Waals surface area contributed by atoms with Crippen molar-refractivity contribution in [1.82, 2.24) is 0 Å². The van der Waals surface area contributed by atoms with E-state index < -0.39 is 34.6 Å². The SMILES string of the molecule is COC(C)OC1CS(=O)(=O)CC1OC(C)OC. The summed E-state index contributed by atoms with van der Waals surface area (Å²) < 4.78 is 44.0. The van der Waals surface area contributed by atoms with Gasteiger partial charge in [-0.25, -0.2) is 8.42 Å². The predicted octanol–water partition coefficient (Wildman–Crippen LogP) is 0.170. The molecule has 0 aromatic rings. The maximum atomic E-state index is 11.5. The Labute approximate surface area is 102 Å². The second-order valence-corrected chi connectivity index (χ2v) is 6.19. The quantitative estimate of drug-likeness (QED) is 0.640. The van der Waals surface area contributed by atoms with Crippen LogP contribution >= 0.6 is 0 Å². The van der Waals surface area contributed by atoms with E-state index in [0.29, 0.717) is 0 Å². The molecule has 1 fully saturated rings. The second-order valence-electron chi connectivity index (χ2n) is 4.03. The summed E-state index contributed by atoms with van der Waals surface area (Å²) >= 11 is 0. The van der Waals surface area contributed by atoms with Gasteiger partial charge in [-0.3, -0.25) is 0 Å². The van der Waals surface area contributed by atoms with Crippen molar-refractivity contribution < 1.29 is 27.4 Å². The highest BCUT2D eigenvalue weighted by Crippen LogP contribution is 2.21. The van der Waals surface area contributed by atoms with Gasteiger partial charge in [0, 0.05) is 14.2 Å². The smallest absolute Gasteiger partial charge is 0.155 e. The summed E-state index contributed by atoms with van der Waals surface area (Å²) in [6.45, 7) is 3.42. The molecule has 0 aliphatic carbocycles. The summed E-state index contributed by atoms with van der Waals surface area (Å²) in [5.41, 5.74) is 0. The summed E-state index contributed by atoms with van der Waals surface area (Å²) in [5.74, 6) is -0.0798. The Morgan fingerprint density at radius 1 is 0.941 bits per heavy atom. The van der Waals surface area contributed by atoms with Crippen molar-refractivity contribution in [2.75, 3.05) is 25.7 Å². The van der Waals surface area contributed by atoms with Gasteiger partial charge in [0.15, 0.2) is 22.4 Å². The van der Waals surface area contributed by atoms with E-state index >= 15 is 0 Å². The lowest BCUT2D eigenvalue weighted by molar-refractivity contribution is -0.202. The molecule has 0 aromatic heterocycles. The molecule has 6 nitrogen and oxygen atoms in total. The Morgan fingerprint density at radius 3 is 1.59 bits per heavy atom. The molecule has 0 bridgehead atoms. The first-order valence-corrected chi connectivity index (χ1v) is 7.27. The Kier molecular flexibility index (Phi) is 5.33. The van der Waals surface area contributed by atoms with Gasteiger partial charge in [0.05, 0.1) is 11.5 Å². The van der Waals surface area contributed by atoms with Crippen molar-refractivity contribution in [3.05, 3.63) is 0 Å². The largest absolute Gasteiger partial charge is 0.356 e. The van der Waals surface area contributed by atoms with Gasteiger partial charge in [-0.15, -0.1) is 0 Å². The van der Waals surface area contributed by atoms with E-state index in [1.54, 1.807) is 13.8 Å². The highest BCUT2D eigenvalue weighted by molar-refractivity contribution is 7.91. The van der Waals surface area contributed by atoms with E-state index in [4.69, 9.17) is 18.9 Å². The van der Waals surface area contributed by atoms with Gasteiger partial charge in [-0.1, -0.05) is 0 Å². The first-order chi connectivity index (χ1) is 7.88. The third kappa shape index (κ3) is 4.51. The van der Waals surface area contributed by atoms with Crippen LogP contribution in [0.5, 0.6) is 0 Å². The number of ether oxygens (including phenoxy) is 4. The lowest BCUT2D eigenvalue weighted by atomic mass is 10.2. The van der Waals surface area contributed by atoms with Gasteiger partial charge < -0.3 is 18.9 Å². The van der Waals surface area contributed by atoms with Crippen LogP contribution in [0.3, 0.4) is 0 Å². The van der Waals surface area contributed by atoms with Crippen molar-refractivity contribution in [1.29, 1.82) is 0 Å². The molecule has 0 amide bonds. The first kappa shape index (κ1) is 14.8. The molecular weight excluding hydrogens is 248 g/mol. The van der Waals surface area contributed by atoms with E-state index in [0.717, 1.165) is 0 Å². The molecule has 0 N–H and O–H groups in total. The van der Waals surface area contributed by atoms with Crippen LogP contribution < -0.4 is 0 Å². The Balaban J connectivity index is 2.64. The standard InChI is InChI=1S/C10H20O6S/c1-7(13-3)15-9-5-17(11,12)6-10(9)16-8(2)14-4/h7-10H,5-6H2,1-4H3. The highest BCUT2D eigenvalue weighted by atomic mass is 32.2. The van der Waals surface area contributed by atoms with Crippen LogP contribution in [-0.4, -0.2) is 58.9 Å². The van der Waals surface area contributed by atoms with Gasteiger partial charge in [0.2, 0.25) is 0 Å². The topological polar surface area (TPSA) is 71.1 Å². The molecule has 4 atom stereocenters. The first-order valence-electron chi connectivity index (χ1n) is 5.45. The van der Waals surface area contributed by atoms with E-state index in [1.165, 1.54) is 14.2 Å². The van der Waals surface area contributed by atoms with Crippen molar-refractivity contribution in [3.8, 4) is 0 Å². The van der Waals surface area contributed by atoms with Crippen LogP contribution in [0.4, 0.5) is 0 Å². The van der Waals surface area contributed by atoms with Gasteiger partial charge in [0.25, 0.3) is 0 Å². The van der Waals surface area contributed by atoms with Crippen molar-refractivity contribution in [2.24, 2.45) is 0 Å². The third-order valence-electron chi connectivity index (χ3n) is 2.65. The van der Waals surface area contributed by atoms with Crippen LogP contribution in [0.25, 0.3) is 0 Å². The highest BCUT2D eigenvalue weighted by Gasteiger charge is 2.41. The monoisotopic (exact) mass is 268 g/mol. The van der Waals surface area contributed by atoms with Gasteiger partial charge in [-0.05, 0) is 13.8 Å². The Bertz CT molecular complexity index is 302. The van der Waals surface area contributed by atoms with Crippen molar-refractivity contribution in [3.63, 3.8) is 0 Å². The lowest BCUT2D eigenvalue weighted by Gasteiger charge is -2.24. The molecule has 102 valence electrons. The Morgan fingerprint density at radius 2 is 1.29 bits per heavy atom. The van der Waals surface area contributed by atoms with Crippen molar-refractivity contribution in [2.45, 2.75) is 38.6 Å². The van der Waals surface area contributed by atoms with Gasteiger partial charge in [0.1, 0.15) is 12.2 Å². The zero-order valence-electron chi connectivity index (χ0n) is 10.6. The summed E-state index contributed by atoms with van der Waals surface area (Å²) in [5, 5.41) is 0. The summed E-state index contributed by atoms with van der Waals surface area (Å²) in [7, 11) is -0.110. The molecule has 1 aliphatic rings. The maximum absolute atomic E-state index is 11.5. The van der Waals surface area contributed by atoms with E-state index in [-0.39, 0.29) is 11.5 Å². The molecule has 17 heavy (non-hydrogen) atoms. The Hall–Kier alpha value is -0.210. The number of rotatable bonds is 6. The molecule has 1 rings (SSSR count). The zero-order chi connectivity index (χ0) is 13.1. The zero-order valence-corrected chi connectivity index (χ0v) is 11.4. The predicted molar refractivity (Wildman–Crippen MR) is 61.3 cm³/mol. The number of hydrogen-bond acceptors (Lipinski definition) is 6. The minimum Gasteiger partial charge on any atom is -0.356 e. The average Bonchev–Trinajstić information content (AvgIpc) is 2.52. The summed E-state index contributed by atoms with van der Waals surface area (Å²) in [6.07, 6.45) is -1.94. The molecule has 0 spiro atoms. The van der Waals surface area contributed by atoms with Crippen LogP contribution in [0.15, 0.2) is 0 Å². The molecule has 4 unspecified atom stereocenters. The fourth-order valence-corrected chi connectivity index (χ4v) is 3.36. The molecular formula is C10H20O6S. The van der Waals surface area contributed by atoms with Crippen molar-refractivity contribution >= 4 is 9.84 Å². The molecule has 1 heterocycles. The van der Waals surface area contributed by atoms with Gasteiger partial charge >= 0.3 is 0 Å². The van der Waals surface area contributed by atoms with E-state index in [2.05, 4.69) is 0 Å². The number of methoxy groups -OCH3 is 2. The second kappa shape index (κ2) is 6.10. The van der Waals surface area contributed by atoms with Crippen LogP contribution in [0.1, 0.15) is 13.8 Å². The fraction of sp³-hybridized carbons (Fsp3) is 1.00. The van der Waals surface area contributed by atoms with Crippen LogP contribution in [-0.2, 0) is 28.8 Å². The molecule has 1 saturated heterocycles. The third-order valence-corrected chi connectivity index (χ3v) is 4.32. The fourth-order valence-electron chi connectivity index (χ4n) is 1.64. The number of hydrogen-bond donors (Lipinski definition) is 0. The summed E-state index contributed by atoms with van der Waals surface area (Å²) in [4.78, 5) is 0. The van der Waals surface area contributed by atoms with E-state index in [1.807, 2.05) is 0 Å². The van der Waals surface area contributed by atoms with Gasteiger partial charge in [-0.2, -0.15) is 0 Å². The molecule has 1 aliphatic heterocycles. The molecule has 0 saturated carbocycles. The normalized spacial score (nSPS) is 31.3. The molecule has 0 radical (unpaired) electrons. The molecule has 7 heteroatoms. The van der Waals surface area contributed by atoms with Crippen LogP contribution in [0, 0.1) is 0 Å². The average molecular weight is 268 g/mol.